The molecule has 1 saturated carbocycles. The Morgan fingerprint density at radius 1 is 1.20 bits per heavy atom. The minimum absolute atomic E-state index is 0.152. The molecule has 1 aliphatic carbocycles. The normalized spacial score (nSPS) is 31.2. The van der Waals surface area contributed by atoms with Crippen molar-refractivity contribution < 1.29 is 9.47 Å². The van der Waals surface area contributed by atoms with E-state index in [0.717, 1.165) is 5.92 Å². The first-order valence-electron chi connectivity index (χ1n) is 6.08. The molecule has 0 saturated heterocycles. The van der Waals surface area contributed by atoms with Crippen molar-refractivity contribution in [1.29, 1.82) is 0 Å². The highest BCUT2D eigenvalue weighted by Crippen LogP contribution is 2.29. The monoisotopic (exact) mass is 231 g/mol. The van der Waals surface area contributed by atoms with Gasteiger partial charge in [0.2, 0.25) is 0 Å². The molecule has 89 valence electrons. The van der Waals surface area contributed by atoms with Gasteiger partial charge in [-0.1, -0.05) is 26.0 Å². The fourth-order valence-corrected chi connectivity index (χ4v) is 2.41. The second kappa shape index (κ2) is 6.77. The van der Waals surface area contributed by atoms with E-state index in [1.165, 1.54) is 32.1 Å². The van der Waals surface area contributed by atoms with E-state index in [9.17, 15) is 0 Å². The molecule has 3 heteroatoms. The van der Waals surface area contributed by atoms with Crippen molar-refractivity contribution in [2.45, 2.75) is 70.7 Å². The third-order valence-electron chi connectivity index (χ3n) is 3.14. The van der Waals surface area contributed by atoms with Crippen LogP contribution in [-0.4, -0.2) is 17.8 Å². The zero-order chi connectivity index (χ0) is 11.3. The zero-order valence-corrected chi connectivity index (χ0v) is 10.9. The maximum absolute atomic E-state index is 5.81. The van der Waals surface area contributed by atoms with Gasteiger partial charge in [-0.3, -0.25) is 0 Å². The van der Waals surface area contributed by atoms with Crippen LogP contribution in [-0.2, 0) is 9.47 Å². The van der Waals surface area contributed by atoms with Crippen molar-refractivity contribution in [2.24, 2.45) is 5.92 Å². The van der Waals surface area contributed by atoms with E-state index in [4.69, 9.17) is 22.1 Å². The van der Waals surface area contributed by atoms with Crippen LogP contribution in [0.5, 0.6) is 0 Å². The van der Waals surface area contributed by atoms with Crippen LogP contribution in [0.2, 0.25) is 0 Å². The van der Waals surface area contributed by atoms with Gasteiger partial charge in [0.05, 0.1) is 6.10 Å². The number of hydrogen-bond donors (Lipinski definition) is 0. The van der Waals surface area contributed by atoms with E-state index in [0.29, 0.717) is 6.10 Å². The first-order chi connectivity index (χ1) is 7.11. The first kappa shape index (κ1) is 13.3. The molecular weight excluding hydrogens is 208 g/mol. The van der Waals surface area contributed by atoms with Crippen molar-refractivity contribution in [1.82, 2.24) is 0 Å². The second-order valence-corrected chi connectivity index (χ2v) is 5.12. The Labute approximate surface area is 99.1 Å². The summed E-state index contributed by atoms with van der Waals surface area (Å²) >= 11 is 4.96. The van der Waals surface area contributed by atoms with Gasteiger partial charge >= 0.3 is 0 Å². The Bertz CT molecular complexity index is 165. The van der Waals surface area contributed by atoms with E-state index >= 15 is 0 Å². The molecule has 0 N–H and O–H groups in total. The number of ether oxygens (including phenoxy) is 2. The lowest BCUT2D eigenvalue weighted by atomic mass is 9.86. The molecule has 0 aromatic carbocycles. The standard InChI is InChI=1S/C12H23O2S/c1-4-11-5-7-12(8-6-11)14-9(2)13-10(3)15/h9-12H,4-8H2,1-3H3. The van der Waals surface area contributed by atoms with Crippen LogP contribution >= 0.6 is 12.6 Å². The van der Waals surface area contributed by atoms with Gasteiger partial charge in [0.25, 0.3) is 0 Å². The van der Waals surface area contributed by atoms with Gasteiger partial charge in [-0.2, -0.15) is 0 Å². The largest absolute Gasteiger partial charge is 0.350 e. The Kier molecular flexibility index (Phi) is 6.02. The predicted octanol–water partition coefficient (Wildman–Crippen LogP) is 3.88. The molecule has 0 amide bonds. The summed E-state index contributed by atoms with van der Waals surface area (Å²) in [5, 5.41) is 0. The lowest BCUT2D eigenvalue weighted by molar-refractivity contribution is -0.171. The summed E-state index contributed by atoms with van der Waals surface area (Å²) in [5.41, 5.74) is -0.160. The van der Waals surface area contributed by atoms with Crippen LogP contribution in [0.4, 0.5) is 0 Å². The summed E-state index contributed by atoms with van der Waals surface area (Å²) in [7, 11) is 0. The highest BCUT2D eigenvalue weighted by atomic mass is 32.1. The molecule has 1 rings (SSSR count). The van der Waals surface area contributed by atoms with Crippen LogP contribution in [0.25, 0.3) is 0 Å². The van der Waals surface area contributed by atoms with E-state index in [1.807, 2.05) is 13.8 Å². The van der Waals surface area contributed by atoms with Gasteiger partial charge in [-0.05, 0) is 45.4 Å². The molecule has 1 radical (unpaired) electrons. The van der Waals surface area contributed by atoms with E-state index in [-0.39, 0.29) is 11.7 Å². The molecule has 0 aromatic rings. The molecule has 0 aliphatic heterocycles. The molecule has 2 unspecified atom stereocenters. The Morgan fingerprint density at radius 2 is 1.80 bits per heavy atom. The molecule has 0 heterocycles. The summed E-state index contributed by atoms with van der Waals surface area (Å²) in [5.74, 6) is 0.916. The maximum Gasteiger partial charge on any atom is 0.156 e. The minimum Gasteiger partial charge on any atom is -0.350 e. The molecular formula is C12H23O2S. The highest BCUT2D eigenvalue weighted by Gasteiger charge is 2.22. The van der Waals surface area contributed by atoms with Gasteiger partial charge in [-0.15, -0.1) is 0 Å². The maximum atomic E-state index is 5.81. The Balaban J connectivity index is 2.17. The molecule has 15 heavy (non-hydrogen) atoms. The van der Waals surface area contributed by atoms with Crippen LogP contribution < -0.4 is 0 Å². The Hall–Kier alpha value is 0.270. The molecule has 2 nitrogen and oxygen atoms in total. The van der Waals surface area contributed by atoms with Crippen molar-refractivity contribution in [3.8, 4) is 0 Å². The lowest BCUT2D eigenvalue weighted by Gasteiger charge is -2.30. The molecule has 0 spiro atoms. The molecule has 1 aliphatic rings. The van der Waals surface area contributed by atoms with Gasteiger partial charge in [0, 0.05) is 0 Å². The lowest BCUT2D eigenvalue weighted by Crippen LogP contribution is -2.27. The average Bonchev–Trinajstić information content (AvgIpc) is 2.17. The third-order valence-corrected chi connectivity index (χ3v) is 3.25. The molecule has 1 fully saturated rings. The molecule has 0 aromatic heterocycles. The predicted molar refractivity (Wildman–Crippen MR) is 64.7 cm³/mol. The average molecular weight is 231 g/mol. The summed E-state index contributed by atoms with van der Waals surface area (Å²) in [6.45, 7) is 6.08. The van der Waals surface area contributed by atoms with Gasteiger partial charge < -0.3 is 9.47 Å². The highest BCUT2D eigenvalue weighted by molar-refractivity contribution is 7.80. The quantitative estimate of drug-likeness (QED) is 0.669. The van der Waals surface area contributed by atoms with Crippen LogP contribution in [0.3, 0.4) is 0 Å². The topological polar surface area (TPSA) is 18.5 Å². The van der Waals surface area contributed by atoms with E-state index in [1.54, 1.807) is 0 Å². The fourth-order valence-electron chi connectivity index (χ4n) is 2.25. The SMILES string of the molecule is CCC1CCC(OC(C)OC(C)[S])CC1. The van der Waals surface area contributed by atoms with Crippen molar-refractivity contribution in [2.75, 3.05) is 0 Å². The van der Waals surface area contributed by atoms with Gasteiger partial charge in [0.15, 0.2) is 6.29 Å². The summed E-state index contributed by atoms with van der Waals surface area (Å²) in [6, 6.07) is 0. The Morgan fingerprint density at radius 3 is 2.27 bits per heavy atom. The fraction of sp³-hybridized carbons (Fsp3) is 1.00. The van der Waals surface area contributed by atoms with Gasteiger partial charge in [0.1, 0.15) is 5.44 Å². The smallest absolute Gasteiger partial charge is 0.156 e. The van der Waals surface area contributed by atoms with Crippen molar-refractivity contribution in [3.05, 3.63) is 0 Å². The van der Waals surface area contributed by atoms with E-state index in [2.05, 4.69) is 6.92 Å². The molecule has 2 atom stereocenters. The van der Waals surface area contributed by atoms with Crippen LogP contribution in [0, 0.1) is 5.92 Å². The second-order valence-electron chi connectivity index (χ2n) is 4.46. The van der Waals surface area contributed by atoms with Gasteiger partial charge in [-0.25, -0.2) is 0 Å². The summed E-state index contributed by atoms with van der Waals surface area (Å²) in [6.07, 6.45) is 6.50. The summed E-state index contributed by atoms with van der Waals surface area (Å²) in [4.78, 5) is 0. The molecule has 0 bridgehead atoms. The van der Waals surface area contributed by atoms with Crippen molar-refractivity contribution >= 4 is 12.6 Å². The minimum atomic E-state index is -0.160. The first-order valence-corrected chi connectivity index (χ1v) is 6.55. The van der Waals surface area contributed by atoms with Crippen LogP contribution in [0.1, 0.15) is 52.9 Å². The number of hydrogen-bond acceptors (Lipinski definition) is 2. The van der Waals surface area contributed by atoms with Crippen molar-refractivity contribution in [3.63, 3.8) is 0 Å². The third kappa shape index (κ3) is 5.23. The summed E-state index contributed by atoms with van der Waals surface area (Å²) < 4.78 is 11.2. The van der Waals surface area contributed by atoms with Crippen LogP contribution in [0.15, 0.2) is 0 Å². The number of rotatable bonds is 5. The zero-order valence-electron chi connectivity index (χ0n) is 10.1. The van der Waals surface area contributed by atoms with E-state index < -0.39 is 0 Å².